The highest BCUT2D eigenvalue weighted by Gasteiger charge is 2.36. The normalized spacial score (nSPS) is 22.7. The summed E-state index contributed by atoms with van der Waals surface area (Å²) in [5, 5.41) is 4.16. The molecule has 2 atom stereocenters. The van der Waals surface area contributed by atoms with Gasteiger partial charge < -0.3 is 9.80 Å². The molecule has 2 aliphatic rings. The van der Waals surface area contributed by atoms with Crippen molar-refractivity contribution in [3.63, 3.8) is 0 Å². The summed E-state index contributed by atoms with van der Waals surface area (Å²) in [6, 6.07) is 8.25. The maximum Gasteiger partial charge on any atom is 0.226 e. The molecular weight excluding hydrogens is 388 g/mol. The zero-order valence-electron chi connectivity index (χ0n) is 15.5. The van der Waals surface area contributed by atoms with Crippen LogP contribution in [0.3, 0.4) is 0 Å². The molecule has 5 rings (SSSR count). The first-order valence-electron chi connectivity index (χ1n) is 9.73. The van der Waals surface area contributed by atoms with E-state index in [-0.39, 0.29) is 17.7 Å². The molecule has 5 nitrogen and oxygen atoms in total. The minimum atomic E-state index is -0.00280. The van der Waals surface area contributed by atoms with Crippen LogP contribution in [0.25, 0.3) is 10.2 Å². The third-order valence-electron chi connectivity index (χ3n) is 5.66. The lowest BCUT2D eigenvalue weighted by Gasteiger charge is -2.38. The molecule has 7 heteroatoms. The van der Waals surface area contributed by atoms with E-state index >= 15 is 0 Å². The number of thiazole rings is 2. The van der Waals surface area contributed by atoms with E-state index in [0.29, 0.717) is 0 Å². The second-order valence-corrected chi connectivity index (χ2v) is 9.24. The van der Waals surface area contributed by atoms with Crippen LogP contribution < -0.4 is 4.90 Å². The molecular formula is C21H22N4OS2. The van der Waals surface area contributed by atoms with Gasteiger partial charge in [-0.05, 0) is 25.0 Å². The molecule has 0 N–H and O–H groups in total. The van der Waals surface area contributed by atoms with Gasteiger partial charge in [0.2, 0.25) is 5.91 Å². The maximum absolute atomic E-state index is 13.4. The van der Waals surface area contributed by atoms with Crippen molar-refractivity contribution in [2.45, 2.75) is 18.8 Å². The van der Waals surface area contributed by atoms with Crippen LogP contribution in [0.1, 0.15) is 23.8 Å². The predicted octanol–water partition coefficient (Wildman–Crippen LogP) is 4.15. The van der Waals surface area contributed by atoms with Gasteiger partial charge in [-0.25, -0.2) is 9.97 Å². The Morgan fingerprint density at radius 2 is 1.89 bits per heavy atom. The fourth-order valence-electron chi connectivity index (χ4n) is 4.13. The van der Waals surface area contributed by atoms with Crippen LogP contribution in [0.4, 0.5) is 5.13 Å². The Balaban J connectivity index is 1.32. The molecule has 2 unspecified atom stereocenters. The average molecular weight is 411 g/mol. The van der Waals surface area contributed by atoms with E-state index in [2.05, 4.69) is 40.2 Å². The van der Waals surface area contributed by atoms with Crippen molar-refractivity contribution in [2.75, 3.05) is 31.1 Å². The van der Waals surface area contributed by atoms with E-state index in [0.717, 1.165) is 54.7 Å². The minimum Gasteiger partial charge on any atom is -0.345 e. The van der Waals surface area contributed by atoms with E-state index in [9.17, 15) is 4.79 Å². The van der Waals surface area contributed by atoms with Crippen molar-refractivity contribution >= 4 is 43.9 Å². The molecule has 2 aromatic heterocycles. The Hall–Kier alpha value is -2.25. The molecule has 1 aliphatic carbocycles. The highest BCUT2D eigenvalue weighted by molar-refractivity contribution is 7.18. The largest absolute Gasteiger partial charge is 0.345 e. The molecule has 3 aromatic rings. The Morgan fingerprint density at radius 3 is 2.68 bits per heavy atom. The summed E-state index contributed by atoms with van der Waals surface area (Å²) in [6.45, 7) is 3.25. The third-order valence-corrected chi connectivity index (χ3v) is 7.66. The highest BCUT2D eigenvalue weighted by Crippen LogP contribution is 2.39. The van der Waals surface area contributed by atoms with Crippen LogP contribution >= 0.6 is 22.7 Å². The number of hydrogen-bond donors (Lipinski definition) is 0. The molecule has 1 amide bonds. The number of para-hydroxylation sites is 1. The maximum atomic E-state index is 13.4. The molecule has 0 spiro atoms. The topological polar surface area (TPSA) is 49.3 Å². The average Bonchev–Trinajstić information content (AvgIpc) is 3.43. The van der Waals surface area contributed by atoms with E-state index in [1.165, 1.54) is 4.70 Å². The molecule has 1 aliphatic heterocycles. The number of fused-ring (bicyclic) bond motifs is 1. The molecule has 1 saturated heterocycles. The summed E-state index contributed by atoms with van der Waals surface area (Å²) in [6.07, 6.45) is 7.93. The van der Waals surface area contributed by atoms with Gasteiger partial charge in [0.15, 0.2) is 5.13 Å². The molecule has 1 fully saturated rings. The first-order chi connectivity index (χ1) is 13.8. The van der Waals surface area contributed by atoms with Gasteiger partial charge in [0.1, 0.15) is 0 Å². The smallest absolute Gasteiger partial charge is 0.226 e. The van der Waals surface area contributed by atoms with E-state index in [4.69, 9.17) is 4.98 Å². The second-order valence-electron chi connectivity index (χ2n) is 7.30. The summed E-state index contributed by atoms with van der Waals surface area (Å²) in [5.41, 5.74) is 1.04. The standard InChI is InChI=1S/C21H22N4OS2/c26-20(24-10-12-25(13-11-24)21-22-9-14-27-21)16-6-2-1-5-15(16)19-23-17-7-3-4-8-18(17)28-19/h1-4,7-9,14-16H,5-6,10-13H2. The van der Waals surface area contributed by atoms with Crippen LogP contribution in [0, 0.1) is 5.92 Å². The van der Waals surface area contributed by atoms with Crippen molar-refractivity contribution in [3.8, 4) is 0 Å². The number of hydrogen-bond acceptors (Lipinski definition) is 6. The van der Waals surface area contributed by atoms with Gasteiger partial charge in [0, 0.05) is 43.7 Å². The summed E-state index contributed by atoms with van der Waals surface area (Å²) in [7, 11) is 0. The number of carbonyl (C=O) groups excluding carboxylic acids is 1. The van der Waals surface area contributed by atoms with Gasteiger partial charge in [-0.1, -0.05) is 24.3 Å². The van der Waals surface area contributed by atoms with Gasteiger partial charge in [0.25, 0.3) is 0 Å². The van der Waals surface area contributed by atoms with E-state index in [1.54, 1.807) is 22.7 Å². The van der Waals surface area contributed by atoms with Gasteiger partial charge in [-0.2, -0.15) is 0 Å². The first kappa shape index (κ1) is 17.8. The molecule has 0 saturated carbocycles. The number of aromatic nitrogens is 2. The summed E-state index contributed by atoms with van der Waals surface area (Å²) in [4.78, 5) is 27.0. The van der Waals surface area contributed by atoms with Crippen molar-refractivity contribution in [1.82, 2.24) is 14.9 Å². The van der Waals surface area contributed by atoms with Crippen LogP contribution in [-0.4, -0.2) is 47.0 Å². The number of rotatable bonds is 3. The fourth-order valence-corrected chi connectivity index (χ4v) is 5.98. The van der Waals surface area contributed by atoms with E-state index < -0.39 is 0 Å². The molecule has 0 bridgehead atoms. The number of anilines is 1. The Kier molecular flexibility index (Phi) is 4.86. The molecule has 3 heterocycles. The Bertz CT molecular complexity index is 956. The molecule has 144 valence electrons. The SMILES string of the molecule is O=C(C1CC=CCC1c1nc2ccccc2s1)N1CCN(c2nccs2)CC1. The fraction of sp³-hybridized carbons (Fsp3) is 0.381. The lowest BCUT2D eigenvalue weighted by atomic mass is 9.82. The highest BCUT2D eigenvalue weighted by atomic mass is 32.1. The van der Waals surface area contributed by atoms with Gasteiger partial charge >= 0.3 is 0 Å². The molecule has 28 heavy (non-hydrogen) atoms. The Labute approximate surface area is 172 Å². The van der Waals surface area contributed by atoms with Gasteiger partial charge in [-0.15, -0.1) is 22.7 Å². The van der Waals surface area contributed by atoms with Crippen molar-refractivity contribution in [2.24, 2.45) is 5.92 Å². The van der Waals surface area contributed by atoms with Crippen LogP contribution in [0.5, 0.6) is 0 Å². The molecule has 0 radical (unpaired) electrons. The number of benzene rings is 1. The molecule has 1 aromatic carbocycles. The van der Waals surface area contributed by atoms with Gasteiger partial charge in [-0.3, -0.25) is 4.79 Å². The predicted molar refractivity (Wildman–Crippen MR) is 115 cm³/mol. The Morgan fingerprint density at radius 1 is 1.07 bits per heavy atom. The summed E-state index contributed by atoms with van der Waals surface area (Å²) in [5.74, 6) is 0.469. The van der Waals surface area contributed by atoms with Crippen molar-refractivity contribution in [3.05, 3.63) is 53.0 Å². The van der Waals surface area contributed by atoms with Crippen LogP contribution in [0.2, 0.25) is 0 Å². The lowest BCUT2D eigenvalue weighted by molar-refractivity contribution is -0.136. The number of allylic oxidation sites excluding steroid dienone is 2. The van der Waals surface area contributed by atoms with Gasteiger partial charge in [0.05, 0.1) is 21.1 Å². The van der Waals surface area contributed by atoms with Crippen LogP contribution in [0.15, 0.2) is 48.0 Å². The zero-order chi connectivity index (χ0) is 18.9. The number of amides is 1. The van der Waals surface area contributed by atoms with Crippen molar-refractivity contribution in [1.29, 1.82) is 0 Å². The summed E-state index contributed by atoms with van der Waals surface area (Å²) >= 11 is 3.40. The monoisotopic (exact) mass is 410 g/mol. The third kappa shape index (κ3) is 3.33. The van der Waals surface area contributed by atoms with Crippen molar-refractivity contribution < 1.29 is 4.79 Å². The number of piperazine rings is 1. The zero-order valence-corrected chi connectivity index (χ0v) is 17.2. The minimum absolute atomic E-state index is 0.00280. The number of carbonyl (C=O) groups is 1. The first-order valence-corrected chi connectivity index (χ1v) is 11.4. The number of nitrogens with zero attached hydrogens (tertiary/aromatic N) is 4. The van der Waals surface area contributed by atoms with E-state index in [1.807, 2.05) is 22.5 Å². The quantitative estimate of drug-likeness (QED) is 0.609. The second kappa shape index (κ2) is 7.64. The van der Waals surface area contributed by atoms with Crippen LogP contribution in [-0.2, 0) is 4.79 Å². The lowest BCUT2D eigenvalue weighted by Crippen LogP contribution is -2.51. The summed E-state index contributed by atoms with van der Waals surface area (Å²) < 4.78 is 1.20.